The van der Waals surface area contributed by atoms with Crippen molar-refractivity contribution in [2.75, 3.05) is 13.2 Å². The third kappa shape index (κ3) is 2.56. The summed E-state index contributed by atoms with van der Waals surface area (Å²) >= 11 is 3.36. The average Bonchev–Trinajstić information content (AvgIpc) is 2.72. The van der Waals surface area contributed by atoms with E-state index in [0.29, 0.717) is 6.54 Å². The summed E-state index contributed by atoms with van der Waals surface area (Å²) in [7, 11) is 0. The van der Waals surface area contributed by atoms with Gasteiger partial charge in [0.25, 0.3) is 0 Å². The van der Waals surface area contributed by atoms with Crippen LogP contribution in [-0.4, -0.2) is 25.0 Å². The number of ether oxygens (including phenoxy) is 1. The maximum atomic E-state index is 11.8. The van der Waals surface area contributed by atoms with Crippen molar-refractivity contribution in [3.8, 4) is 0 Å². The lowest BCUT2D eigenvalue weighted by atomic mass is 9.88. The maximum absolute atomic E-state index is 11.8. The molecule has 2 atom stereocenters. The number of amides is 1. The summed E-state index contributed by atoms with van der Waals surface area (Å²) in [6.07, 6.45) is 0. The summed E-state index contributed by atoms with van der Waals surface area (Å²) in [4.78, 5) is 23.5. The van der Waals surface area contributed by atoms with Crippen molar-refractivity contribution < 1.29 is 14.3 Å². The lowest BCUT2D eigenvalue weighted by Gasteiger charge is -2.15. The number of benzene rings is 1. The Balaban J connectivity index is 2.23. The van der Waals surface area contributed by atoms with E-state index < -0.39 is 11.9 Å². The second-order valence-electron chi connectivity index (χ2n) is 4.13. The number of nitrogens with one attached hydrogen (secondary N) is 1. The van der Waals surface area contributed by atoms with Gasteiger partial charge in [-0.3, -0.25) is 9.59 Å². The fraction of sp³-hybridized carbons (Fsp3) is 0.385. The first-order valence-corrected chi connectivity index (χ1v) is 6.62. The second-order valence-corrected chi connectivity index (χ2v) is 5.05. The van der Waals surface area contributed by atoms with Crippen LogP contribution in [0.5, 0.6) is 0 Å². The Morgan fingerprint density at radius 2 is 2.11 bits per heavy atom. The highest BCUT2D eigenvalue weighted by Gasteiger charge is 2.41. The number of carbonyl (C=O) groups is 2. The molecule has 0 spiro atoms. The topological polar surface area (TPSA) is 55.4 Å². The smallest absolute Gasteiger partial charge is 0.319 e. The Labute approximate surface area is 114 Å². The number of hydrogen-bond acceptors (Lipinski definition) is 3. The van der Waals surface area contributed by atoms with Gasteiger partial charge in [0, 0.05) is 16.9 Å². The molecule has 0 saturated carbocycles. The van der Waals surface area contributed by atoms with Crippen molar-refractivity contribution in [2.45, 2.75) is 12.8 Å². The number of halogens is 1. The third-order valence-electron chi connectivity index (χ3n) is 3.02. The zero-order valence-electron chi connectivity index (χ0n) is 9.98. The predicted molar refractivity (Wildman–Crippen MR) is 70.0 cm³/mol. The molecule has 0 radical (unpaired) electrons. The van der Waals surface area contributed by atoms with Gasteiger partial charge in [-0.15, -0.1) is 0 Å². The molecule has 1 amide bonds. The van der Waals surface area contributed by atoms with Crippen LogP contribution in [0.25, 0.3) is 0 Å². The first kappa shape index (κ1) is 13.1. The molecule has 0 aliphatic carbocycles. The number of carbonyl (C=O) groups excluding carboxylic acids is 2. The van der Waals surface area contributed by atoms with Gasteiger partial charge in [-0.2, -0.15) is 0 Å². The Hall–Kier alpha value is -1.36. The van der Waals surface area contributed by atoms with E-state index in [-0.39, 0.29) is 18.4 Å². The molecule has 0 unspecified atom stereocenters. The zero-order chi connectivity index (χ0) is 13.1. The van der Waals surface area contributed by atoms with Crippen molar-refractivity contribution in [1.82, 2.24) is 5.32 Å². The molecule has 1 aliphatic rings. The summed E-state index contributed by atoms with van der Waals surface area (Å²) in [5, 5.41) is 2.72. The normalized spacial score (nSPS) is 22.7. The van der Waals surface area contributed by atoms with E-state index in [1.807, 2.05) is 24.3 Å². The highest BCUT2D eigenvalue weighted by atomic mass is 79.9. The Morgan fingerprint density at radius 1 is 1.44 bits per heavy atom. The standard InChI is InChI=1S/C13H14BrNO3/c1-2-18-13(17)11-10(7-15-12(11)16)8-3-5-9(14)6-4-8/h3-6,10-11H,2,7H2,1H3,(H,15,16)/t10-,11-/m1/s1. The Bertz CT molecular complexity index is 458. The van der Waals surface area contributed by atoms with Gasteiger partial charge in [0.1, 0.15) is 5.92 Å². The molecule has 96 valence electrons. The van der Waals surface area contributed by atoms with Crippen LogP contribution in [0.4, 0.5) is 0 Å². The molecular weight excluding hydrogens is 298 g/mol. The van der Waals surface area contributed by atoms with Crippen LogP contribution in [0.15, 0.2) is 28.7 Å². The molecule has 0 bridgehead atoms. The van der Waals surface area contributed by atoms with Gasteiger partial charge in [0.05, 0.1) is 6.61 Å². The van der Waals surface area contributed by atoms with Crippen LogP contribution in [0.1, 0.15) is 18.4 Å². The van der Waals surface area contributed by atoms with E-state index in [4.69, 9.17) is 4.74 Å². The van der Waals surface area contributed by atoms with Crippen molar-refractivity contribution in [1.29, 1.82) is 0 Å². The summed E-state index contributed by atoms with van der Waals surface area (Å²) < 4.78 is 5.93. The van der Waals surface area contributed by atoms with E-state index in [1.165, 1.54) is 0 Å². The molecule has 1 N–H and O–H groups in total. The number of esters is 1. The van der Waals surface area contributed by atoms with E-state index in [9.17, 15) is 9.59 Å². The molecule has 1 aliphatic heterocycles. The van der Waals surface area contributed by atoms with Gasteiger partial charge >= 0.3 is 5.97 Å². The van der Waals surface area contributed by atoms with Crippen LogP contribution in [0, 0.1) is 5.92 Å². The van der Waals surface area contributed by atoms with Crippen molar-refractivity contribution in [2.24, 2.45) is 5.92 Å². The van der Waals surface area contributed by atoms with Crippen molar-refractivity contribution in [3.05, 3.63) is 34.3 Å². The fourth-order valence-electron chi connectivity index (χ4n) is 2.14. The molecule has 1 aromatic rings. The summed E-state index contributed by atoms with van der Waals surface area (Å²) in [6.45, 7) is 2.50. The molecule has 1 heterocycles. The van der Waals surface area contributed by atoms with Gasteiger partial charge in [-0.05, 0) is 24.6 Å². The Morgan fingerprint density at radius 3 is 2.72 bits per heavy atom. The molecule has 18 heavy (non-hydrogen) atoms. The van der Waals surface area contributed by atoms with E-state index >= 15 is 0 Å². The van der Waals surface area contributed by atoms with E-state index in [2.05, 4.69) is 21.2 Å². The molecule has 1 aromatic carbocycles. The van der Waals surface area contributed by atoms with Crippen molar-refractivity contribution >= 4 is 27.8 Å². The van der Waals surface area contributed by atoms with Crippen LogP contribution in [0.3, 0.4) is 0 Å². The minimum Gasteiger partial charge on any atom is -0.465 e. The number of rotatable bonds is 3. The highest BCUT2D eigenvalue weighted by molar-refractivity contribution is 9.10. The monoisotopic (exact) mass is 311 g/mol. The van der Waals surface area contributed by atoms with Crippen LogP contribution >= 0.6 is 15.9 Å². The Kier molecular flexibility index (Phi) is 4.01. The van der Waals surface area contributed by atoms with E-state index in [1.54, 1.807) is 6.92 Å². The fourth-order valence-corrected chi connectivity index (χ4v) is 2.41. The molecule has 5 heteroatoms. The zero-order valence-corrected chi connectivity index (χ0v) is 11.6. The number of hydrogen-bond donors (Lipinski definition) is 1. The van der Waals surface area contributed by atoms with Gasteiger partial charge in [-0.25, -0.2) is 0 Å². The van der Waals surface area contributed by atoms with Gasteiger partial charge in [0.15, 0.2) is 0 Å². The van der Waals surface area contributed by atoms with E-state index in [0.717, 1.165) is 10.0 Å². The third-order valence-corrected chi connectivity index (χ3v) is 3.55. The molecule has 0 aromatic heterocycles. The minimum atomic E-state index is -0.730. The lowest BCUT2D eigenvalue weighted by Crippen LogP contribution is -2.28. The molecule has 1 saturated heterocycles. The average molecular weight is 312 g/mol. The van der Waals surface area contributed by atoms with Gasteiger partial charge < -0.3 is 10.1 Å². The molecule has 2 rings (SSSR count). The lowest BCUT2D eigenvalue weighted by molar-refractivity contribution is -0.151. The highest BCUT2D eigenvalue weighted by Crippen LogP contribution is 2.30. The molecular formula is C13H14BrNO3. The maximum Gasteiger partial charge on any atom is 0.319 e. The quantitative estimate of drug-likeness (QED) is 0.684. The van der Waals surface area contributed by atoms with Crippen LogP contribution < -0.4 is 5.32 Å². The second kappa shape index (κ2) is 5.52. The summed E-state index contributed by atoms with van der Waals surface area (Å²) in [6, 6.07) is 7.64. The first-order chi connectivity index (χ1) is 8.63. The molecule has 4 nitrogen and oxygen atoms in total. The van der Waals surface area contributed by atoms with Gasteiger partial charge in [-0.1, -0.05) is 28.1 Å². The first-order valence-electron chi connectivity index (χ1n) is 5.83. The van der Waals surface area contributed by atoms with Crippen LogP contribution in [0.2, 0.25) is 0 Å². The summed E-state index contributed by atoms with van der Waals surface area (Å²) in [5.74, 6) is -1.57. The molecule has 1 fully saturated rings. The predicted octanol–water partition coefficient (Wildman–Crippen LogP) is 1.84. The minimum absolute atomic E-state index is 0.148. The van der Waals surface area contributed by atoms with Gasteiger partial charge in [0.2, 0.25) is 5.91 Å². The largest absolute Gasteiger partial charge is 0.465 e. The van der Waals surface area contributed by atoms with Crippen LogP contribution in [-0.2, 0) is 14.3 Å². The summed E-state index contributed by atoms with van der Waals surface area (Å²) in [5.41, 5.74) is 0.967. The SMILES string of the molecule is CCOC(=O)[C@H]1C(=O)NC[C@@H]1c1ccc(Br)cc1. The van der Waals surface area contributed by atoms with Crippen molar-refractivity contribution in [3.63, 3.8) is 0 Å².